The summed E-state index contributed by atoms with van der Waals surface area (Å²) < 4.78 is 0. The van der Waals surface area contributed by atoms with Gasteiger partial charge in [-0.05, 0) is 60.0 Å². The molecule has 18 heavy (non-hydrogen) atoms. The maximum Gasteiger partial charge on any atom is 0.114 e. The van der Waals surface area contributed by atoms with Crippen molar-refractivity contribution in [2.45, 2.75) is 33.3 Å². The van der Waals surface area contributed by atoms with E-state index >= 15 is 0 Å². The van der Waals surface area contributed by atoms with Crippen LogP contribution in [0, 0.1) is 13.8 Å². The van der Waals surface area contributed by atoms with Crippen molar-refractivity contribution < 1.29 is 5.11 Å². The number of halogens is 1. The van der Waals surface area contributed by atoms with Crippen LogP contribution in [0.2, 0.25) is 5.02 Å². The van der Waals surface area contributed by atoms with Gasteiger partial charge in [-0.15, -0.1) is 11.3 Å². The van der Waals surface area contributed by atoms with Crippen molar-refractivity contribution in [3.63, 3.8) is 0 Å². The zero-order valence-corrected chi connectivity index (χ0v) is 12.4. The van der Waals surface area contributed by atoms with E-state index < -0.39 is 6.10 Å². The van der Waals surface area contributed by atoms with Crippen LogP contribution >= 0.6 is 22.9 Å². The first-order chi connectivity index (χ1) is 8.54. The third kappa shape index (κ3) is 2.46. The Balaban J connectivity index is 2.46. The van der Waals surface area contributed by atoms with Crippen LogP contribution in [-0.4, -0.2) is 5.11 Å². The summed E-state index contributed by atoms with van der Waals surface area (Å²) in [7, 11) is 0. The highest BCUT2D eigenvalue weighted by atomic mass is 35.5. The summed E-state index contributed by atoms with van der Waals surface area (Å²) in [6.45, 7) is 6.06. The predicted molar refractivity (Wildman–Crippen MR) is 78.7 cm³/mol. The first-order valence-electron chi connectivity index (χ1n) is 6.05. The average molecular weight is 281 g/mol. The molecule has 0 spiro atoms. The Kier molecular flexibility index (Phi) is 4.10. The van der Waals surface area contributed by atoms with Gasteiger partial charge in [0.15, 0.2) is 0 Å². The van der Waals surface area contributed by atoms with Gasteiger partial charge in [0.05, 0.1) is 0 Å². The fourth-order valence-corrected chi connectivity index (χ4v) is 3.34. The molecule has 0 aliphatic heterocycles. The van der Waals surface area contributed by atoms with Crippen molar-refractivity contribution >= 4 is 22.9 Å². The molecule has 3 heteroatoms. The molecule has 1 aromatic carbocycles. The molecular formula is C15H17ClOS. The second-order valence-corrected chi connectivity index (χ2v) is 5.88. The number of hydrogen-bond acceptors (Lipinski definition) is 2. The van der Waals surface area contributed by atoms with Crippen LogP contribution in [-0.2, 0) is 6.42 Å². The van der Waals surface area contributed by atoms with E-state index in [-0.39, 0.29) is 0 Å². The number of hydrogen-bond donors (Lipinski definition) is 1. The van der Waals surface area contributed by atoms with E-state index in [1.165, 1.54) is 5.56 Å². The number of aryl methyl sites for hydroxylation is 3. The summed E-state index contributed by atoms with van der Waals surface area (Å²) in [6.07, 6.45) is 0.400. The SMILES string of the molecule is CCc1ccsc1C(O)c1cc(C)c(Cl)cc1C. The summed E-state index contributed by atoms with van der Waals surface area (Å²) in [6, 6.07) is 6.00. The molecule has 2 aromatic rings. The molecule has 1 unspecified atom stereocenters. The molecule has 0 radical (unpaired) electrons. The van der Waals surface area contributed by atoms with Gasteiger partial charge in [-0.3, -0.25) is 0 Å². The maximum absolute atomic E-state index is 10.6. The van der Waals surface area contributed by atoms with Crippen LogP contribution in [0.5, 0.6) is 0 Å². The topological polar surface area (TPSA) is 20.2 Å². The van der Waals surface area contributed by atoms with Gasteiger partial charge >= 0.3 is 0 Å². The van der Waals surface area contributed by atoms with Crippen LogP contribution < -0.4 is 0 Å². The molecule has 1 aromatic heterocycles. The van der Waals surface area contributed by atoms with Crippen LogP contribution in [0.25, 0.3) is 0 Å². The van der Waals surface area contributed by atoms with Crippen LogP contribution in [0.3, 0.4) is 0 Å². The Hall–Kier alpha value is -0.830. The highest BCUT2D eigenvalue weighted by molar-refractivity contribution is 7.10. The predicted octanol–water partition coefficient (Wildman–Crippen LogP) is 4.66. The molecule has 0 aliphatic rings. The average Bonchev–Trinajstić information content (AvgIpc) is 2.81. The van der Waals surface area contributed by atoms with Crippen LogP contribution in [0.15, 0.2) is 23.6 Å². The third-order valence-electron chi connectivity index (χ3n) is 3.25. The molecular weight excluding hydrogens is 264 g/mol. The van der Waals surface area contributed by atoms with E-state index in [9.17, 15) is 5.11 Å². The Morgan fingerprint density at radius 2 is 2.00 bits per heavy atom. The largest absolute Gasteiger partial charge is 0.383 e. The number of aliphatic hydroxyl groups excluding tert-OH is 1. The van der Waals surface area contributed by atoms with Crippen LogP contribution in [0.1, 0.15) is 40.2 Å². The molecule has 96 valence electrons. The van der Waals surface area contributed by atoms with Crippen molar-refractivity contribution in [3.05, 3.63) is 55.7 Å². The maximum atomic E-state index is 10.6. The van der Waals surface area contributed by atoms with E-state index in [1.54, 1.807) is 11.3 Å². The van der Waals surface area contributed by atoms with Gasteiger partial charge in [0.1, 0.15) is 6.10 Å². The van der Waals surface area contributed by atoms with E-state index in [0.717, 1.165) is 33.0 Å². The fourth-order valence-electron chi connectivity index (χ4n) is 2.12. The fraction of sp³-hybridized carbons (Fsp3) is 0.333. The van der Waals surface area contributed by atoms with Gasteiger partial charge in [0.2, 0.25) is 0 Å². The smallest absolute Gasteiger partial charge is 0.114 e. The first-order valence-corrected chi connectivity index (χ1v) is 7.31. The first kappa shape index (κ1) is 13.6. The van der Waals surface area contributed by atoms with E-state index in [4.69, 9.17) is 11.6 Å². The summed E-state index contributed by atoms with van der Waals surface area (Å²) >= 11 is 7.71. The van der Waals surface area contributed by atoms with E-state index in [2.05, 4.69) is 13.0 Å². The van der Waals surface area contributed by atoms with Crippen molar-refractivity contribution in [3.8, 4) is 0 Å². The van der Waals surface area contributed by atoms with Gasteiger partial charge < -0.3 is 5.11 Å². The second kappa shape index (κ2) is 5.43. The Morgan fingerprint density at radius 1 is 1.28 bits per heavy atom. The molecule has 0 bridgehead atoms. The lowest BCUT2D eigenvalue weighted by Gasteiger charge is -2.15. The van der Waals surface area contributed by atoms with Crippen molar-refractivity contribution in [2.24, 2.45) is 0 Å². The van der Waals surface area contributed by atoms with Crippen molar-refractivity contribution in [1.29, 1.82) is 0 Å². The van der Waals surface area contributed by atoms with Gasteiger partial charge in [0.25, 0.3) is 0 Å². The molecule has 2 rings (SSSR count). The number of thiophene rings is 1. The Labute approximate surface area is 117 Å². The molecule has 0 fully saturated rings. The summed E-state index contributed by atoms with van der Waals surface area (Å²) in [5.41, 5.74) is 4.22. The number of benzene rings is 1. The van der Waals surface area contributed by atoms with Gasteiger partial charge in [-0.2, -0.15) is 0 Å². The minimum absolute atomic E-state index is 0.545. The molecule has 0 saturated carbocycles. The molecule has 1 heterocycles. The Bertz CT molecular complexity index is 560. The zero-order valence-electron chi connectivity index (χ0n) is 10.8. The highest BCUT2D eigenvalue weighted by Crippen LogP contribution is 2.33. The number of rotatable bonds is 3. The normalized spacial score (nSPS) is 12.7. The zero-order chi connectivity index (χ0) is 13.3. The van der Waals surface area contributed by atoms with Gasteiger partial charge in [0, 0.05) is 9.90 Å². The standard InChI is InChI=1S/C15H17ClOS/c1-4-11-5-6-18-15(11)14(17)12-7-10(3)13(16)8-9(12)2/h5-8,14,17H,4H2,1-3H3. The van der Waals surface area contributed by atoms with Gasteiger partial charge in [-0.25, -0.2) is 0 Å². The van der Waals surface area contributed by atoms with Crippen molar-refractivity contribution in [2.75, 3.05) is 0 Å². The summed E-state index contributed by atoms with van der Waals surface area (Å²) in [5, 5.41) is 13.3. The molecule has 1 atom stereocenters. The third-order valence-corrected chi connectivity index (χ3v) is 4.67. The lowest BCUT2D eigenvalue weighted by Crippen LogP contribution is -2.03. The lowest BCUT2D eigenvalue weighted by atomic mass is 9.98. The minimum Gasteiger partial charge on any atom is -0.383 e. The van der Waals surface area contributed by atoms with Crippen LogP contribution in [0.4, 0.5) is 0 Å². The van der Waals surface area contributed by atoms with Gasteiger partial charge in [-0.1, -0.05) is 24.6 Å². The minimum atomic E-state index is -0.545. The molecule has 0 aliphatic carbocycles. The van der Waals surface area contributed by atoms with Crippen molar-refractivity contribution in [1.82, 2.24) is 0 Å². The second-order valence-electron chi connectivity index (χ2n) is 4.52. The number of aliphatic hydroxyl groups is 1. The molecule has 1 nitrogen and oxygen atoms in total. The van der Waals surface area contributed by atoms with E-state index in [0.29, 0.717) is 0 Å². The lowest BCUT2D eigenvalue weighted by molar-refractivity contribution is 0.222. The Morgan fingerprint density at radius 3 is 2.67 bits per heavy atom. The summed E-state index contributed by atoms with van der Waals surface area (Å²) in [4.78, 5) is 1.04. The quantitative estimate of drug-likeness (QED) is 0.867. The summed E-state index contributed by atoms with van der Waals surface area (Å²) in [5.74, 6) is 0. The molecule has 0 saturated heterocycles. The molecule has 0 amide bonds. The molecule has 1 N–H and O–H groups in total. The van der Waals surface area contributed by atoms with E-state index in [1.807, 2.05) is 31.4 Å². The monoisotopic (exact) mass is 280 g/mol. The highest BCUT2D eigenvalue weighted by Gasteiger charge is 2.18.